The number of hydrogen-bond acceptors (Lipinski definition) is 6. The van der Waals surface area contributed by atoms with Crippen LogP contribution in [0.25, 0.3) is 21.3 Å². The number of rotatable bonds is 3. The first-order valence-electron chi connectivity index (χ1n) is 9.72. The summed E-state index contributed by atoms with van der Waals surface area (Å²) in [5.74, 6) is 0.239. The van der Waals surface area contributed by atoms with E-state index in [4.69, 9.17) is 0 Å². The van der Waals surface area contributed by atoms with Gasteiger partial charge in [0.05, 0.1) is 5.56 Å². The highest BCUT2D eigenvalue weighted by atomic mass is 79.9. The van der Waals surface area contributed by atoms with Gasteiger partial charge in [0.25, 0.3) is 0 Å². The molecule has 0 aliphatic carbocycles. The van der Waals surface area contributed by atoms with Gasteiger partial charge in [0.2, 0.25) is 5.13 Å². The van der Waals surface area contributed by atoms with E-state index >= 15 is 0 Å². The molecule has 0 amide bonds. The zero-order chi connectivity index (χ0) is 20.1. The molecule has 3 aromatic rings. The molecule has 1 aliphatic heterocycles. The zero-order valence-electron chi connectivity index (χ0n) is 17.6. The molecule has 0 unspecified atom stereocenters. The minimum Gasteiger partial charge on any atom is -0.507 e. The van der Waals surface area contributed by atoms with Crippen molar-refractivity contribution in [1.82, 2.24) is 15.1 Å². The second-order valence-electron chi connectivity index (χ2n) is 9.06. The number of phenols is 1. The third-order valence-electron chi connectivity index (χ3n) is 6.15. The molecule has 1 fully saturated rings. The number of piperidine rings is 1. The number of aromatic hydroxyl groups is 1. The summed E-state index contributed by atoms with van der Waals surface area (Å²) in [5, 5.41) is 26.4. The topological polar surface area (TPSA) is 61.3 Å². The maximum absolute atomic E-state index is 10.5. The van der Waals surface area contributed by atoms with Gasteiger partial charge in [-0.1, -0.05) is 35.6 Å². The summed E-state index contributed by atoms with van der Waals surface area (Å²) in [6.07, 6.45) is 2.09. The summed E-state index contributed by atoms with van der Waals surface area (Å²) in [7, 11) is 2.21. The van der Waals surface area contributed by atoms with Gasteiger partial charge < -0.3 is 10.4 Å². The summed E-state index contributed by atoms with van der Waals surface area (Å²) >= 11 is 1.50. The lowest BCUT2D eigenvalue weighted by atomic mass is 9.77. The molecule has 1 aromatic heterocycles. The van der Waals surface area contributed by atoms with Crippen LogP contribution >= 0.6 is 28.3 Å². The first kappa shape index (κ1) is 22.0. The largest absolute Gasteiger partial charge is 0.507 e. The Hall–Kier alpha value is -1.70. The fourth-order valence-corrected chi connectivity index (χ4v) is 5.28. The number of likely N-dealkylation sites (tertiary alicyclic amines) is 1. The van der Waals surface area contributed by atoms with Gasteiger partial charge in [-0.15, -0.1) is 27.2 Å². The number of phenolic OH excluding ortho intramolecular Hbond substituents is 1. The van der Waals surface area contributed by atoms with Crippen LogP contribution in [0.2, 0.25) is 0 Å². The highest BCUT2D eigenvalue weighted by molar-refractivity contribution is 8.93. The third kappa shape index (κ3) is 4.27. The molecule has 1 aliphatic rings. The standard InChI is InChI=1S/C22H28N4OS.BrH/c1-21(2)12-16(13-22(3,4)26(21)5)23-20-25-24-19(28-20)17-10-14-8-6-7-9-15(14)11-18(17)27;/h6-11,16,27H,12-13H2,1-5H3,(H,23,25);1H. The highest BCUT2D eigenvalue weighted by Crippen LogP contribution is 2.40. The molecule has 156 valence electrons. The summed E-state index contributed by atoms with van der Waals surface area (Å²) < 4.78 is 0. The molecular weight excluding hydrogens is 448 g/mol. The first-order valence-corrected chi connectivity index (χ1v) is 10.5. The SMILES string of the molecule is Br.CN1C(C)(C)CC(Nc2nnc(-c3cc4ccccc4cc3O)s2)CC1(C)C. The van der Waals surface area contributed by atoms with E-state index in [0.29, 0.717) is 6.04 Å². The summed E-state index contributed by atoms with van der Waals surface area (Å²) in [4.78, 5) is 2.47. The fourth-order valence-electron chi connectivity index (χ4n) is 4.44. The van der Waals surface area contributed by atoms with E-state index in [9.17, 15) is 5.11 Å². The van der Waals surface area contributed by atoms with E-state index in [0.717, 1.165) is 39.3 Å². The van der Waals surface area contributed by atoms with Gasteiger partial charge in [-0.25, -0.2) is 0 Å². The Labute approximate surface area is 186 Å². The Kier molecular flexibility index (Phi) is 5.96. The second kappa shape index (κ2) is 7.85. The Bertz CT molecular complexity index is 999. The van der Waals surface area contributed by atoms with Gasteiger partial charge in [0.15, 0.2) is 5.01 Å². The maximum Gasteiger partial charge on any atom is 0.206 e. The van der Waals surface area contributed by atoms with Crippen LogP contribution in [0, 0.1) is 0 Å². The van der Waals surface area contributed by atoms with Gasteiger partial charge in [-0.2, -0.15) is 0 Å². The molecule has 0 radical (unpaired) electrons. The zero-order valence-corrected chi connectivity index (χ0v) is 20.1. The van der Waals surface area contributed by atoms with Crippen LogP contribution in [0.4, 0.5) is 5.13 Å². The molecule has 2 heterocycles. The lowest BCUT2D eigenvalue weighted by Gasteiger charge is -2.53. The highest BCUT2D eigenvalue weighted by Gasteiger charge is 2.43. The van der Waals surface area contributed by atoms with E-state index in [2.05, 4.69) is 55.2 Å². The molecule has 2 N–H and O–H groups in total. The summed E-state index contributed by atoms with van der Waals surface area (Å²) in [5.41, 5.74) is 0.959. The average molecular weight is 477 g/mol. The molecule has 0 atom stereocenters. The number of fused-ring (bicyclic) bond motifs is 1. The number of hydrogen-bond donors (Lipinski definition) is 2. The molecule has 5 nitrogen and oxygen atoms in total. The molecule has 1 saturated heterocycles. The van der Waals surface area contributed by atoms with Crippen LogP contribution < -0.4 is 5.32 Å². The van der Waals surface area contributed by atoms with Crippen molar-refractivity contribution in [3.8, 4) is 16.3 Å². The Balaban J connectivity index is 0.00000240. The molecular formula is C22H29BrN4OS. The summed E-state index contributed by atoms with van der Waals surface area (Å²) in [6.45, 7) is 9.17. The molecule has 0 saturated carbocycles. The maximum atomic E-state index is 10.5. The van der Waals surface area contributed by atoms with Crippen LogP contribution in [0.3, 0.4) is 0 Å². The smallest absolute Gasteiger partial charge is 0.206 e. The van der Waals surface area contributed by atoms with Crippen molar-refractivity contribution in [2.75, 3.05) is 12.4 Å². The fraction of sp³-hybridized carbons (Fsp3) is 0.455. The van der Waals surface area contributed by atoms with Crippen molar-refractivity contribution in [2.45, 2.75) is 57.7 Å². The van der Waals surface area contributed by atoms with Crippen LogP contribution in [-0.2, 0) is 0 Å². The van der Waals surface area contributed by atoms with E-state index in [1.807, 2.05) is 30.3 Å². The van der Waals surface area contributed by atoms with Gasteiger partial charge in [0, 0.05) is 17.1 Å². The molecule has 0 spiro atoms. The second-order valence-corrected chi connectivity index (χ2v) is 10.0. The van der Waals surface area contributed by atoms with Crippen molar-refractivity contribution >= 4 is 44.2 Å². The Morgan fingerprint density at radius 2 is 1.62 bits per heavy atom. The van der Waals surface area contributed by atoms with Crippen molar-refractivity contribution in [1.29, 1.82) is 0 Å². The molecule has 2 aromatic carbocycles. The quantitative estimate of drug-likeness (QED) is 0.507. The van der Waals surface area contributed by atoms with Crippen molar-refractivity contribution in [2.24, 2.45) is 0 Å². The van der Waals surface area contributed by atoms with Crippen molar-refractivity contribution in [3.05, 3.63) is 36.4 Å². The third-order valence-corrected chi connectivity index (χ3v) is 7.04. The molecule has 4 rings (SSSR count). The number of benzene rings is 2. The van der Waals surface area contributed by atoms with Crippen LogP contribution in [0.1, 0.15) is 40.5 Å². The Morgan fingerprint density at radius 1 is 1.03 bits per heavy atom. The monoisotopic (exact) mass is 476 g/mol. The van der Waals surface area contributed by atoms with E-state index < -0.39 is 0 Å². The molecule has 7 heteroatoms. The van der Waals surface area contributed by atoms with E-state index in [1.54, 1.807) is 6.07 Å². The molecule has 29 heavy (non-hydrogen) atoms. The minimum absolute atomic E-state index is 0. The average Bonchev–Trinajstić information content (AvgIpc) is 3.06. The van der Waals surface area contributed by atoms with Crippen molar-refractivity contribution in [3.63, 3.8) is 0 Å². The number of nitrogens with one attached hydrogen (secondary N) is 1. The van der Waals surface area contributed by atoms with E-state index in [-0.39, 0.29) is 33.8 Å². The molecule has 0 bridgehead atoms. The van der Waals surface area contributed by atoms with Gasteiger partial charge >= 0.3 is 0 Å². The number of halogens is 1. The minimum atomic E-state index is 0. The number of anilines is 1. The Morgan fingerprint density at radius 3 is 2.24 bits per heavy atom. The van der Waals surface area contributed by atoms with Crippen LogP contribution in [-0.4, -0.2) is 44.4 Å². The lowest BCUT2D eigenvalue weighted by Crippen LogP contribution is -2.61. The number of nitrogens with zero attached hydrogens (tertiary/aromatic N) is 3. The van der Waals surface area contributed by atoms with Gasteiger partial charge in [-0.3, -0.25) is 4.90 Å². The predicted molar refractivity (Wildman–Crippen MR) is 127 cm³/mol. The van der Waals surface area contributed by atoms with Crippen LogP contribution in [0.15, 0.2) is 36.4 Å². The van der Waals surface area contributed by atoms with Gasteiger partial charge in [0.1, 0.15) is 5.75 Å². The van der Waals surface area contributed by atoms with E-state index in [1.165, 1.54) is 11.3 Å². The normalized spacial score (nSPS) is 19.1. The lowest BCUT2D eigenvalue weighted by molar-refractivity contribution is -0.00768. The predicted octanol–water partition coefficient (Wildman–Crippen LogP) is 5.71. The van der Waals surface area contributed by atoms with Gasteiger partial charge in [-0.05, 0) is 70.5 Å². The van der Waals surface area contributed by atoms with Crippen LogP contribution in [0.5, 0.6) is 5.75 Å². The first-order chi connectivity index (χ1) is 13.2. The number of aromatic nitrogens is 2. The summed E-state index contributed by atoms with van der Waals surface area (Å²) in [6, 6.07) is 12.1. The van der Waals surface area contributed by atoms with Crippen molar-refractivity contribution < 1.29 is 5.11 Å².